The summed E-state index contributed by atoms with van der Waals surface area (Å²) in [5.41, 5.74) is 7.64. The van der Waals surface area contributed by atoms with Crippen molar-refractivity contribution >= 4 is 27.5 Å². The summed E-state index contributed by atoms with van der Waals surface area (Å²) in [4.78, 5) is 12.3. The number of nitrogen functional groups attached to an aromatic ring is 1. The van der Waals surface area contributed by atoms with E-state index in [0.717, 1.165) is 10.0 Å². The fraction of sp³-hybridized carbons (Fsp3) is 0.286. The zero-order valence-electron chi connectivity index (χ0n) is 11.4. The van der Waals surface area contributed by atoms with Gasteiger partial charge >= 0.3 is 0 Å². The van der Waals surface area contributed by atoms with E-state index in [-0.39, 0.29) is 11.9 Å². The van der Waals surface area contributed by atoms with Gasteiger partial charge in [0.25, 0.3) is 5.91 Å². The maximum absolute atomic E-state index is 12.3. The highest BCUT2D eigenvalue weighted by Gasteiger charge is 2.18. The third-order valence-electron chi connectivity index (χ3n) is 3.10. The Morgan fingerprint density at radius 3 is 2.70 bits per heavy atom. The number of nitrogens with one attached hydrogen (secondary N) is 1. The van der Waals surface area contributed by atoms with Crippen LogP contribution in [-0.2, 0) is 6.54 Å². The first-order valence-electron chi connectivity index (χ1n) is 6.40. The molecular weight excluding hydrogens is 320 g/mol. The van der Waals surface area contributed by atoms with Crippen molar-refractivity contribution in [2.45, 2.75) is 26.4 Å². The van der Waals surface area contributed by atoms with Crippen molar-refractivity contribution < 1.29 is 4.79 Å². The highest BCUT2D eigenvalue weighted by atomic mass is 79.9. The van der Waals surface area contributed by atoms with Gasteiger partial charge in [0, 0.05) is 11.0 Å². The van der Waals surface area contributed by atoms with Crippen LogP contribution in [0.15, 0.2) is 34.9 Å². The minimum Gasteiger partial charge on any atom is -0.396 e. The number of rotatable bonds is 4. The van der Waals surface area contributed by atoms with Gasteiger partial charge in [-0.2, -0.15) is 5.10 Å². The molecule has 5 nitrogen and oxygen atoms in total. The van der Waals surface area contributed by atoms with Crippen molar-refractivity contribution in [2.24, 2.45) is 0 Å². The van der Waals surface area contributed by atoms with Crippen LogP contribution in [-0.4, -0.2) is 15.7 Å². The highest BCUT2D eigenvalue weighted by molar-refractivity contribution is 9.10. The zero-order chi connectivity index (χ0) is 14.7. The normalized spacial score (nSPS) is 12.2. The van der Waals surface area contributed by atoms with Crippen LogP contribution >= 0.6 is 15.9 Å². The SMILES string of the molecule is CCn1ncc(N)c1C(=O)N[C@@H](C)c1ccc(Br)cc1. The van der Waals surface area contributed by atoms with Crippen LogP contribution in [0.1, 0.15) is 35.9 Å². The minimum atomic E-state index is -0.211. The zero-order valence-corrected chi connectivity index (χ0v) is 13.0. The van der Waals surface area contributed by atoms with Gasteiger partial charge in [-0.15, -0.1) is 0 Å². The highest BCUT2D eigenvalue weighted by Crippen LogP contribution is 2.18. The minimum absolute atomic E-state index is 0.102. The van der Waals surface area contributed by atoms with Gasteiger partial charge in [-0.3, -0.25) is 9.48 Å². The maximum Gasteiger partial charge on any atom is 0.272 e. The molecule has 1 amide bonds. The molecule has 1 atom stereocenters. The number of aryl methyl sites for hydroxylation is 1. The van der Waals surface area contributed by atoms with E-state index in [1.54, 1.807) is 4.68 Å². The van der Waals surface area contributed by atoms with Crippen molar-refractivity contribution in [3.63, 3.8) is 0 Å². The molecule has 0 fully saturated rings. The predicted octanol–water partition coefficient (Wildman–Crippen LogP) is 2.74. The summed E-state index contributed by atoms with van der Waals surface area (Å²) in [6, 6.07) is 7.73. The average Bonchev–Trinajstić information content (AvgIpc) is 2.80. The fourth-order valence-electron chi connectivity index (χ4n) is 1.99. The Balaban J connectivity index is 2.15. The summed E-state index contributed by atoms with van der Waals surface area (Å²) in [6.45, 7) is 4.46. The van der Waals surface area contributed by atoms with Gasteiger partial charge in [-0.05, 0) is 31.5 Å². The number of hydrogen-bond acceptors (Lipinski definition) is 3. The maximum atomic E-state index is 12.3. The van der Waals surface area contributed by atoms with E-state index in [4.69, 9.17) is 5.73 Å². The number of benzene rings is 1. The first kappa shape index (κ1) is 14.6. The number of carbonyl (C=O) groups is 1. The number of aromatic nitrogens is 2. The van der Waals surface area contributed by atoms with Gasteiger partial charge in [-0.1, -0.05) is 28.1 Å². The largest absolute Gasteiger partial charge is 0.396 e. The topological polar surface area (TPSA) is 72.9 Å². The van der Waals surface area contributed by atoms with Crippen molar-refractivity contribution in [1.29, 1.82) is 0 Å². The van der Waals surface area contributed by atoms with Gasteiger partial charge in [-0.25, -0.2) is 0 Å². The second-order valence-corrected chi connectivity index (χ2v) is 5.43. The van der Waals surface area contributed by atoms with Crippen molar-refractivity contribution in [1.82, 2.24) is 15.1 Å². The molecule has 3 N–H and O–H groups in total. The monoisotopic (exact) mass is 336 g/mol. The fourth-order valence-corrected chi connectivity index (χ4v) is 2.25. The van der Waals surface area contributed by atoms with Crippen molar-refractivity contribution in [2.75, 3.05) is 5.73 Å². The number of hydrogen-bond donors (Lipinski definition) is 2. The summed E-state index contributed by atoms with van der Waals surface area (Å²) in [7, 11) is 0. The lowest BCUT2D eigenvalue weighted by atomic mass is 10.1. The van der Waals surface area contributed by atoms with Gasteiger partial charge in [0.05, 0.1) is 17.9 Å². The smallest absolute Gasteiger partial charge is 0.272 e. The molecule has 0 saturated carbocycles. The molecule has 0 aliphatic heterocycles. The molecule has 1 aromatic heterocycles. The number of amides is 1. The summed E-state index contributed by atoms with van der Waals surface area (Å²) in [6.07, 6.45) is 1.50. The number of nitrogens with zero attached hydrogens (tertiary/aromatic N) is 2. The Kier molecular flexibility index (Phi) is 4.44. The quantitative estimate of drug-likeness (QED) is 0.901. The van der Waals surface area contributed by atoms with Crippen LogP contribution < -0.4 is 11.1 Å². The molecule has 0 aliphatic rings. The Morgan fingerprint density at radius 2 is 2.10 bits per heavy atom. The van der Waals surface area contributed by atoms with Crippen LogP contribution in [0, 0.1) is 0 Å². The van der Waals surface area contributed by atoms with Gasteiger partial charge < -0.3 is 11.1 Å². The summed E-state index contributed by atoms with van der Waals surface area (Å²) in [5, 5.41) is 7.01. The lowest BCUT2D eigenvalue weighted by molar-refractivity contribution is 0.0930. The first-order chi connectivity index (χ1) is 9.52. The number of nitrogens with two attached hydrogens (primary N) is 1. The third kappa shape index (κ3) is 3.01. The summed E-state index contributed by atoms with van der Waals surface area (Å²) in [5.74, 6) is -0.211. The predicted molar refractivity (Wildman–Crippen MR) is 82.3 cm³/mol. The van der Waals surface area contributed by atoms with E-state index in [1.165, 1.54) is 6.20 Å². The van der Waals surface area contributed by atoms with Gasteiger partial charge in [0.15, 0.2) is 0 Å². The molecule has 1 aromatic carbocycles. The molecule has 0 spiro atoms. The van der Waals surface area contributed by atoms with E-state index in [2.05, 4.69) is 26.3 Å². The molecule has 106 valence electrons. The summed E-state index contributed by atoms with van der Waals surface area (Å²) >= 11 is 3.39. The Labute approximate surface area is 126 Å². The van der Waals surface area contributed by atoms with Gasteiger partial charge in [0.2, 0.25) is 0 Å². The molecule has 0 bridgehead atoms. The lowest BCUT2D eigenvalue weighted by Gasteiger charge is -2.15. The molecule has 2 aromatic rings. The van der Waals surface area contributed by atoms with Crippen LogP contribution in [0.3, 0.4) is 0 Å². The van der Waals surface area contributed by atoms with E-state index in [1.807, 2.05) is 38.1 Å². The standard InChI is InChI=1S/C14H17BrN4O/c1-3-19-13(12(16)8-17-19)14(20)18-9(2)10-4-6-11(15)7-5-10/h4-9H,3,16H2,1-2H3,(H,18,20)/t9-/m0/s1. The van der Waals surface area contributed by atoms with E-state index in [0.29, 0.717) is 17.9 Å². The Morgan fingerprint density at radius 1 is 1.45 bits per heavy atom. The third-order valence-corrected chi connectivity index (χ3v) is 3.63. The van der Waals surface area contributed by atoms with Crippen molar-refractivity contribution in [3.05, 3.63) is 46.2 Å². The number of anilines is 1. The van der Waals surface area contributed by atoms with E-state index >= 15 is 0 Å². The average molecular weight is 337 g/mol. The molecule has 0 aliphatic carbocycles. The van der Waals surface area contributed by atoms with Crippen LogP contribution in [0.2, 0.25) is 0 Å². The van der Waals surface area contributed by atoms with Gasteiger partial charge in [0.1, 0.15) is 5.69 Å². The second kappa shape index (κ2) is 6.09. The van der Waals surface area contributed by atoms with E-state index in [9.17, 15) is 4.79 Å². The van der Waals surface area contributed by atoms with Crippen LogP contribution in [0.4, 0.5) is 5.69 Å². The Bertz CT molecular complexity index is 606. The molecule has 2 rings (SSSR count). The van der Waals surface area contributed by atoms with Crippen molar-refractivity contribution in [3.8, 4) is 0 Å². The summed E-state index contributed by atoms with van der Waals surface area (Å²) < 4.78 is 2.60. The lowest BCUT2D eigenvalue weighted by Crippen LogP contribution is -2.29. The number of carbonyl (C=O) groups excluding carboxylic acids is 1. The van der Waals surface area contributed by atoms with E-state index < -0.39 is 0 Å². The first-order valence-corrected chi connectivity index (χ1v) is 7.19. The molecule has 20 heavy (non-hydrogen) atoms. The molecule has 0 saturated heterocycles. The van der Waals surface area contributed by atoms with Crippen LogP contribution in [0.25, 0.3) is 0 Å². The molecular formula is C14H17BrN4O. The molecule has 0 radical (unpaired) electrons. The number of halogens is 1. The second-order valence-electron chi connectivity index (χ2n) is 4.51. The molecule has 6 heteroatoms. The molecule has 1 heterocycles. The molecule has 0 unspecified atom stereocenters. The van der Waals surface area contributed by atoms with Crippen LogP contribution in [0.5, 0.6) is 0 Å². The Hall–Kier alpha value is -1.82.